The monoisotopic (exact) mass is 367 g/mol. The number of halogens is 2. The molecule has 1 spiro atoms. The number of carbonyl (C=O) groups is 2. The number of anilines is 1. The Morgan fingerprint density at radius 3 is 2.75 bits per heavy atom. The summed E-state index contributed by atoms with van der Waals surface area (Å²) < 4.78 is 0. The molecule has 0 aliphatic carbocycles. The van der Waals surface area contributed by atoms with Gasteiger partial charge in [0.05, 0.1) is 16.8 Å². The lowest BCUT2D eigenvalue weighted by molar-refractivity contribution is -0.121. The molecular formula is C17H19Cl2N3O2. The van der Waals surface area contributed by atoms with Crippen LogP contribution in [0.25, 0.3) is 0 Å². The molecule has 24 heavy (non-hydrogen) atoms. The maximum atomic E-state index is 12.9. The lowest BCUT2D eigenvalue weighted by Gasteiger charge is -2.26. The molecular weight excluding hydrogens is 349 g/mol. The number of rotatable bonds is 2. The number of carbonyl (C=O) groups excluding carboxylic acids is 2. The van der Waals surface area contributed by atoms with E-state index in [0.29, 0.717) is 23.0 Å². The van der Waals surface area contributed by atoms with Crippen LogP contribution in [0.1, 0.15) is 19.3 Å². The molecule has 1 N–H and O–H groups in total. The fraction of sp³-hybridized carbons (Fsp3) is 0.529. The van der Waals surface area contributed by atoms with Gasteiger partial charge in [-0.15, -0.1) is 0 Å². The Bertz CT molecular complexity index is 711. The Kier molecular flexibility index (Phi) is 3.98. The van der Waals surface area contributed by atoms with Crippen LogP contribution in [0.4, 0.5) is 5.69 Å². The summed E-state index contributed by atoms with van der Waals surface area (Å²) in [5.41, 5.74) is 0.739. The van der Waals surface area contributed by atoms with Crippen LogP contribution in [0, 0.1) is 5.41 Å². The molecule has 2 amide bonds. The molecule has 128 valence electrons. The molecule has 0 aromatic heterocycles. The molecule has 3 aliphatic heterocycles. The first-order chi connectivity index (χ1) is 11.5. The first-order valence-corrected chi connectivity index (χ1v) is 9.00. The molecule has 0 radical (unpaired) electrons. The highest BCUT2D eigenvalue weighted by atomic mass is 35.5. The molecule has 2 unspecified atom stereocenters. The number of likely N-dealkylation sites (tertiary alicyclic amines) is 1. The Labute approximate surface area is 150 Å². The maximum absolute atomic E-state index is 12.9. The van der Waals surface area contributed by atoms with Gasteiger partial charge in [-0.1, -0.05) is 23.2 Å². The summed E-state index contributed by atoms with van der Waals surface area (Å²) in [6.07, 6.45) is 2.34. The topological polar surface area (TPSA) is 52.7 Å². The highest BCUT2D eigenvalue weighted by Gasteiger charge is 2.48. The largest absolute Gasteiger partial charge is 0.355 e. The molecule has 1 aromatic carbocycles. The Hall–Kier alpha value is -1.30. The molecule has 2 atom stereocenters. The molecule has 3 fully saturated rings. The summed E-state index contributed by atoms with van der Waals surface area (Å²) in [6.45, 7) is 3.07. The first kappa shape index (κ1) is 16.2. The number of amides is 2. The fourth-order valence-corrected chi connectivity index (χ4v) is 4.73. The van der Waals surface area contributed by atoms with Gasteiger partial charge in [0, 0.05) is 36.5 Å². The summed E-state index contributed by atoms with van der Waals surface area (Å²) >= 11 is 12.2. The van der Waals surface area contributed by atoms with Crippen LogP contribution >= 0.6 is 23.2 Å². The first-order valence-electron chi connectivity index (χ1n) is 8.25. The van der Waals surface area contributed by atoms with E-state index in [0.717, 1.165) is 38.2 Å². The summed E-state index contributed by atoms with van der Waals surface area (Å²) in [4.78, 5) is 28.5. The highest BCUT2D eigenvalue weighted by Crippen LogP contribution is 2.40. The lowest BCUT2D eigenvalue weighted by Crippen LogP contribution is -2.42. The van der Waals surface area contributed by atoms with Gasteiger partial charge >= 0.3 is 0 Å². The molecule has 7 heteroatoms. The van der Waals surface area contributed by atoms with E-state index in [1.807, 2.05) is 0 Å². The third-order valence-corrected chi connectivity index (χ3v) is 6.02. The highest BCUT2D eigenvalue weighted by molar-refractivity contribution is 6.36. The number of hydrogen-bond acceptors (Lipinski definition) is 3. The second kappa shape index (κ2) is 5.90. The van der Waals surface area contributed by atoms with Gasteiger partial charge in [-0.25, -0.2) is 0 Å². The summed E-state index contributed by atoms with van der Waals surface area (Å²) in [5.74, 6) is 0.220. The van der Waals surface area contributed by atoms with Gasteiger partial charge in [-0.3, -0.25) is 14.5 Å². The van der Waals surface area contributed by atoms with E-state index in [1.54, 1.807) is 23.1 Å². The second-order valence-corrected chi connectivity index (χ2v) is 7.91. The van der Waals surface area contributed by atoms with E-state index in [9.17, 15) is 9.59 Å². The van der Waals surface area contributed by atoms with E-state index in [1.165, 1.54) is 0 Å². The summed E-state index contributed by atoms with van der Waals surface area (Å²) in [5, 5.41) is 3.99. The zero-order valence-electron chi connectivity index (χ0n) is 13.2. The molecule has 0 saturated carbocycles. The van der Waals surface area contributed by atoms with Crippen LogP contribution < -0.4 is 10.2 Å². The van der Waals surface area contributed by atoms with Crippen LogP contribution in [0.15, 0.2) is 18.2 Å². The number of benzene rings is 1. The molecule has 3 heterocycles. The summed E-state index contributed by atoms with van der Waals surface area (Å²) in [7, 11) is 0. The van der Waals surface area contributed by atoms with Gasteiger partial charge in [-0.2, -0.15) is 0 Å². The van der Waals surface area contributed by atoms with Crippen LogP contribution in [0.5, 0.6) is 0 Å². The lowest BCUT2D eigenvalue weighted by atomic mass is 9.86. The minimum atomic E-state index is -0.119. The molecule has 0 bridgehead atoms. The molecule has 5 nitrogen and oxygen atoms in total. The molecule has 1 aromatic rings. The Morgan fingerprint density at radius 2 is 2.04 bits per heavy atom. The predicted octanol–water partition coefficient (Wildman–Crippen LogP) is 2.31. The standard InChI is InChI=1S/C17H19Cl2N3O2/c18-11-1-2-13(12(19)7-11)22-5-3-14(16(22)24)21-6-4-17(10-21)8-15(23)20-9-17/h1-2,7,14H,3-6,8-10H2,(H,20,23). The molecule has 3 saturated heterocycles. The predicted molar refractivity (Wildman–Crippen MR) is 93.5 cm³/mol. The van der Waals surface area contributed by atoms with E-state index < -0.39 is 0 Å². The zero-order chi connectivity index (χ0) is 16.9. The van der Waals surface area contributed by atoms with E-state index in [4.69, 9.17) is 23.2 Å². The van der Waals surface area contributed by atoms with Crippen molar-refractivity contribution >= 4 is 40.7 Å². The number of nitrogens with one attached hydrogen (secondary N) is 1. The Morgan fingerprint density at radius 1 is 1.21 bits per heavy atom. The van der Waals surface area contributed by atoms with Gasteiger partial charge in [0.25, 0.3) is 0 Å². The number of nitrogens with zero attached hydrogens (tertiary/aromatic N) is 2. The maximum Gasteiger partial charge on any atom is 0.244 e. The van der Waals surface area contributed by atoms with Crippen molar-refractivity contribution < 1.29 is 9.59 Å². The quantitative estimate of drug-likeness (QED) is 0.872. The SMILES string of the molecule is O=C1CC2(CCN(C3CCN(c4ccc(Cl)cc4Cl)C3=O)C2)CN1. The van der Waals surface area contributed by atoms with Crippen LogP contribution in [0.3, 0.4) is 0 Å². The average Bonchev–Trinajstić information content (AvgIpc) is 3.21. The fourth-order valence-electron chi connectivity index (χ4n) is 4.22. The van der Waals surface area contributed by atoms with Gasteiger partial charge in [0.15, 0.2) is 0 Å². The van der Waals surface area contributed by atoms with Crippen molar-refractivity contribution in [1.82, 2.24) is 10.2 Å². The Balaban J connectivity index is 1.49. The van der Waals surface area contributed by atoms with Gasteiger partial charge in [-0.05, 0) is 37.6 Å². The zero-order valence-corrected chi connectivity index (χ0v) is 14.7. The van der Waals surface area contributed by atoms with E-state index >= 15 is 0 Å². The molecule has 4 rings (SSSR count). The van der Waals surface area contributed by atoms with Crippen molar-refractivity contribution in [2.75, 3.05) is 31.1 Å². The van der Waals surface area contributed by atoms with Gasteiger partial charge in [0.1, 0.15) is 0 Å². The van der Waals surface area contributed by atoms with E-state index in [2.05, 4.69) is 10.2 Å². The minimum absolute atomic E-state index is 0.0166. The van der Waals surface area contributed by atoms with Crippen LogP contribution in [-0.2, 0) is 9.59 Å². The summed E-state index contributed by atoms with van der Waals surface area (Å²) in [6, 6.07) is 5.10. The van der Waals surface area contributed by atoms with Crippen molar-refractivity contribution in [3.05, 3.63) is 28.2 Å². The van der Waals surface area contributed by atoms with Crippen LogP contribution in [0.2, 0.25) is 10.0 Å². The van der Waals surface area contributed by atoms with Crippen LogP contribution in [-0.4, -0.2) is 48.9 Å². The smallest absolute Gasteiger partial charge is 0.244 e. The number of hydrogen-bond donors (Lipinski definition) is 1. The van der Waals surface area contributed by atoms with Gasteiger partial charge < -0.3 is 10.2 Å². The third kappa shape index (κ3) is 2.68. The minimum Gasteiger partial charge on any atom is -0.355 e. The van der Waals surface area contributed by atoms with Crippen molar-refractivity contribution in [1.29, 1.82) is 0 Å². The average molecular weight is 368 g/mol. The van der Waals surface area contributed by atoms with Crippen molar-refractivity contribution in [2.45, 2.75) is 25.3 Å². The molecule has 3 aliphatic rings. The normalized spacial score (nSPS) is 30.6. The van der Waals surface area contributed by atoms with Crippen molar-refractivity contribution in [3.8, 4) is 0 Å². The second-order valence-electron chi connectivity index (χ2n) is 7.06. The van der Waals surface area contributed by atoms with Gasteiger partial charge in [0.2, 0.25) is 11.8 Å². The third-order valence-electron chi connectivity index (χ3n) is 5.48. The van der Waals surface area contributed by atoms with Crippen molar-refractivity contribution in [2.24, 2.45) is 5.41 Å². The van der Waals surface area contributed by atoms with Crippen molar-refractivity contribution in [3.63, 3.8) is 0 Å². The van der Waals surface area contributed by atoms with E-state index in [-0.39, 0.29) is 23.3 Å².